The summed E-state index contributed by atoms with van der Waals surface area (Å²) >= 11 is 0. The van der Waals surface area contributed by atoms with Crippen molar-refractivity contribution in [2.24, 2.45) is 0 Å². The number of nitrogens with zero attached hydrogens (tertiary/aromatic N) is 5. The van der Waals surface area contributed by atoms with E-state index in [2.05, 4.69) is 25.6 Å². The van der Waals surface area contributed by atoms with E-state index in [9.17, 15) is 14.0 Å². The van der Waals surface area contributed by atoms with Gasteiger partial charge in [0.1, 0.15) is 5.82 Å². The predicted molar refractivity (Wildman–Crippen MR) is 104 cm³/mol. The SMILES string of the molecule is O=C(O)c1cncc(-n2cc(CC3(NC(=O)c4cncc(F)c4)CCOCC3)nn2)c1. The monoisotopic (exact) mass is 426 g/mol. The van der Waals surface area contributed by atoms with Crippen LogP contribution in [-0.4, -0.2) is 60.7 Å². The van der Waals surface area contributed by atoms with Gasteiger partial charge in [-0.05, 0) is 25.0 Å². The Hall–Kier alpha value is -3.73. The van der Waals surface area contributed by atoms with Crippen LogP contribution in [0.1, 0.15) is 39.3 Å². The first-order valence-corrected chi connectivity index (χ1v) is 9.55. The number of ether oxygens (including phenoxy) is 1. The number of rotatable bonds is 6. The van der Waals surface area contributed by atoms with Gasteiger partial charge in [0.25, 0.3) is 5.91 Å². The molecule has 3 aromatic rings. The van der Waals surface area contributed by atoms with Gasteiger partial charge in [0.15, 0.2) is 0 Å². The zero-order valence-corrected chi connectivity index (χ0v) is 16.4. The molecule has 0 bridgehead atoms. The fraction of sp³-hybridized carbons (Fsp3) is 0.300. The lowest BCUT2D eigenvalue weighted by molar-refractivity contribution is 0.0356. The number of carboxylic acids is 1. The molecule has 4 rings (SSSR count). The largest absolute Gasteiger partial charge is 0.478 e. The van der Waals surface area contributed by atoms with E-state index in [-0.39, 0.29) is 11.1 Å². The van der Waals surface area contributed by atoms with Crippen molar-refractivity contribution in [2.75, 3.05) is 13.2 Å². The van der Waals surface area contributed by atoms with Gasteiger partial charge < -0.3 is 15.2 Å². The zero-order chi connectivity index (χ0) is 21.8. The van der Waals surface area contributed by atoms with Crippen LogP contribution in [0.3, 0.4) is 0 Å². The third-order valence-electron chi connectivity index (χ3n) is 5.09. The van der Waals surface area contributed by atoms with Crippen LogP contribution in [0.15, 0.2) is 43.1 Å². The first-order chi connectivity index (χ1) is 14.9. The molecule has 10 nitrogen and oxygen atoms in total. The smallest absolute Gasteiger partial charge is 0.337 e. The minimum Gasteiger partial charge on any atom is -0.478 e. The van der Waals surface area contributed by atoms with E-state index >= 15 is 0 Å². The van der Waals surface area contributed by atoms with Gasteiger partial charge >= 0.3 is 5.97 Å². The molecular weight excluding hydrogens is 407 g/mol. The second kappa shape index (κ2) is 8.56. The van der Waals surface area contributed by atoms with Crippen molar-refractivity contribution in [1.29, 1.82) is 0 Å². The van der Waals surface area contributed by atoms with Gasteiger partial charge in [0, 0.05) is 32.0 Å². The number of hydrogen-bond acceptors (Lipinski definition) is 7. The molecule has 0 unspecified atom stereocenters. The Labute approximate surface area is 176 Å². The van der Waals surface area contributed by atoms with Crippen LogP contribution in [-0.2, 0) is 11.2 Å². The Morgan fingerprint density at radius 1 is 1.13 bits per heavy atom. The molecule has 160 valence electrons. The number of amides is 1. The third-order valence-corrected chi connectivity index (χ3v) is 5.09. The van der Waals surface area contributed by atoms with Crippen molar-refractivity contribution in [3.05, 3.63) is 65.8 Å². The average Bonchev–Trinajstić information content (AvgIpc) is 3.22. The molecule has 0 spiro atoms. The fourth-order valence-electron chi connectivity index (χ4n) is 3.48. The number of hydrogen-bond donors (Lipinski definition) is 2. The van der Waals surface area contributed by atoms with Crippen molar-refractivity contribution in [1.82, 2.24) is 30.3 Å². The molecule has 0 atom stereocenters. The zero-order valence-electron chi connectivity index (χ0n) is 16.4. The maximum Gasteiger partial charge on any atom is 0.337 e. The number of carboxylic acid groups (broad SMARTS) is 1. The molecule has 0 radical (unpaired) electrons. The van der Waals surface area contributed by atoms with Crippen LogP contribution >= 0.6 is 0 Å². The average molecular weight is 426 g/mol. The number of halogens is 1. The summed E-state index contributed by atoms with van der Waals surface area (Å²) in [6.07, 6.45) is 8.20. The minimum atomic E-state index is -1.09. The molecule has 0 aromatic carbocycles. The highest BCUT2D eigenvalue weighted by molar-refractivity contribution is 5.94. The Kier molecular flexibility index (Phi) is 5.67. The molecule has 1 amide bonds. The van der Waals surface area contributed by atoms with Crippen LogP contribution in [0.25, 0.3) is 5.69 Å². The molecule has 1 aliphatic rings. The summed E-state index contributed by atoms with van der Waals surface area (Å²) in [5.41, 5.74) is 0.566. The highest BCUT2D eigenvalue weighted by atomic mass is 19.1. The topological polar surface area (TPSA) is 132 Å². The van der Waals surface area contributed by atoms with Gasteiger partial charge in [0.05, 0.1) is 46.6 Å². The van der Waals surface area contributed by atoms with Crippen LogP contribution in [0, 0.1) is 5.82 Å². The van der Waals surface area contributed by atoms with E-state index in [0.717, 1.165) is 12.3 Å². The summed E-state index contributed by atoms with van der Waals surface area (Å²) in [5.74, 6) is -2.11. The first-order valence-electron chi connectivity index (χ1n) is 9.55. The van der Waals surface area contributed by atoms with Crippen LogP contribution in [0.4, 0.5) is 4.39 Å². The minimum absolute atomic E-state index is 0.0337. The highest BCUT2D eigenvalue weighted by Crippen LogP contribution is 2.26. The fourth-order valence-corrected chi connectivity index (χ4v) is 3.48. The molecule has 1 saturated heterocycles. The van der Waals surface area contributed by atoms with Crippen molar-refractivity contribution in [3.8, 4) is 5.69 Å². The third kappa shape index (κ3) is 4.72. The lowest BCUT2D eigenvalue weighted by atomic mass is 9.85. The number of aromatic carboxylic acids is 1. The highest BCUT2D eigenvalue weighted by Gasteiger charge is 2.35. The molecule has 3 aromatic heterocycles. The van der Waals surface area contributed by atoms with Crippen molar-refractivity contribution >= 4 is 11.9 Å². The molecule has 4 heterocycles. The summed E-state index contributed by atoms with van der Waals surface area (Å²) < 4.78 is 20.3. The Bertz CT molecular complexity index is 1110. The lowest BCUT2D eigenvalue weighted by Crippen LogP contribution is -2.53. The number of nitrogens with one attached hydrogen (secondary N) is 1. The maximum atomic E-state index is 13.5. The van der Waals surface area contributed by atoms with Crippen LogP contribution in [0.5, 0.6) is 0 Å². The molecule has 0 saturated carbocycles. The molecule has 1 aliphatic heterocycles. The first kappa shape index (κ1) is 20.5. The molecule has 11 heteroatoms. The van der Waals surface area contributed by atoms with E-state index in [1.807, 2.05) is 0 Å². The number of pyridine rings is 2. The maximum absolute atomic E-state index is 13.5. The Morgan fingerprint density at radius 3 is 2.61 bits per heavy atom. The van der Waals surface area contributed by atoms with Gasteiger partial charge in [-0.2, -0.15) is 0 Å². The number of carbonyl (C=O) groups is 2. The van der Waals surface area contributed by atoms with Gasteiger partial charge in [-0.3, -0.25) is 14.8 Å². The van der Waals surface area contributed by atoms with Gasteiger partial charge in [-0.15, -0.1) is 5.10 Å². The number of carbonyl (C=O) groups excluding carboxylic acids is 1. The second-order valence-corrected chi connectivity index (χ2v) is 7.31. The Balaban J connectivity index is 1.55. The van der Waals surface area contributed by atoms with Crippen LogP contribution in [0.2, 0.25) is 0 Å². The summed E-state index contributed by atoms with van der Waals surface area (Å²) in [7, 11) is 0. The number of aromatic nitrogens is 5. The summed E-state index contributed by atoms with van der Waals surface area (Å²) in [4.78, 5) is 31.5. The standard InChI is InChI=1S/C20H19FN6O4/c21-15-5-13(8-22-10-15)18(28)24-20(1-3-31-4-2-20)7-16-12-27(26-25-16)17-6-14(19(29)30)9-23-11-17/h5-6,8-12H,1-4,7H2,(H,24,28)(H,29,30). The summed E-state index contributed by atoms with van der Waals surface area (Å²) in [5, 5.41) is 20.4. The molecule has 1 fully saturated rings. The normalized spacial score (nSPS) is 15.4. The van der Waals surface area contributed by atoms with E-state index in [1.165, 1.54) is 29.3 Å². The Morgan fingerprint density at radius 2 is 1.87 bits per heavy atom. The van der Waals surface area contributed by atoms with Gasteiger partial charge in [-0.1, -0.05) is 5.21 Å². The molecular formula is C20H19FN6O4. The van der Waals surface area contributed by atoms with E-state index < -0.39 is 23.2 Å². The lowest BCUT2D eigenvalue weighted by Gasteiger charge is -2.37. The van der Waals surface area contributed by atoms with Gasteiger partial charge in [0.2, 0.25) is 0 Å². The van der Waals surface area contributed by atoms with E-state index in [1.54, 1.807) is 6.20 Å². The van der Waals surface area contributed by atoms with Crippen LogP contribution < -0.4 is 5.32 Å². The van der Waals surface area contributed by atoms with Crippen molar-refractivity contribution in [3.63, 3.8) is 0 Å². The van der Waals surface area contributed by atoms with E-state index in [4.69, 9.17) is 9.84 Å². The van der Waals surface area contributed by atoms with E-state index in [0.29, 0.717) is 43.9 Å². The molecule has 31 heavy (non-hydrogen) atoms. The van der Waals surface area contributed by atoms with Crippen molar-refractivity contribution < 1.29 is 23.8 Å². The summed E-state index contributed by atoms with van der Waals surface area (Å²) in [6.45, 7) is 0.917. The quantitative estimate of drug-likeness (QED) is 0.605. The second-order valence-electron chi connectivity index (χ2n) is 7.31. The van der Waals surface area contributed by atoms with Gasteiger partial charge in [-0.25, -0.2) is 13.9 Å². The molecule has 2 N–H and O–H groups in total. The molecule has 0 aliphatic carbocycles. The summed E-state index contributed by atoms with van der Waals surface area (Å²) in [6, 6.07) is 2.57. The predicted octanol–water partition coefficient (Wildman–Crippen LogP) is 1.42. The van der Waals surface area contributed by atoms with Crippen molar-refractivity contribution in [2.45, 2.75) is 24.8 Å².